The van der Waals surface area contributed by atoms with Crippen LogP contribution in [0.4, 0.5) is 10.2 Å². The summed E-state index contributed by atoms with van der Waals surface area (Å²) in [6, 6.07) is 13.2. The molecule has 0 unspecified atom stereocenters. The van der Waals surface area contributed by atoms with E-state index in [1.54, 1.807) is 18.1 Å². The molecule has 2 N–H and O–H groups in total. The fraction of sp³-hybridized carbons (Fsp3) is 0.417. The van der Waals surface area contributed by atoms with Crippen molar-refractivity contribution < 1.29 is 28.5 Å². The highest BCUT2D eigenvalue weighted by molar-refractivity contribution is 5.97. The third-order valence-corrected chi connectivity index (χ3v) is 8.71. The molecule has 2 heterocycles. The first-order valence-corrected chi connectivity index (χ1v) is 16.3. The van der Waals surface area contributed by atoms with Gasteiger partial charge in [-0.1, -0.05) is 24.3 Å². The number of carbonyl (C=O) groups excluding carboxylic acids is 1. The number of methoxy groups -OCH3 is 2. The fourth-order valence-corrected chi connectivity index (χ4v) is 6.31. The zero-order chi connectivity index (χ0) is 35.2. The van der Waals surface area contributed by atoms with E-state index in [1.807, 2.05) is 63.9 Å². The molecule has 3 atom stereocenters. The minimum Gasteiger partial charge on any atom is -0.491 e. The van der Waals surface area contributed by atoms with E-state index < -0.39 is 11.9 Å². The lowest BCUT2D eigenvalue weighted by Crippen LogP contribution is -2.42. The topological polar surface area (TPSA) is 135 Å². The highest BCUT2D eigenvalue weighted by Gasteiger charge is 2.37. The Bertz CT molecular complexity index is 1730. The molecular weight excluding hydrogens is 629 g/mol. The number of nitrogens with zero attached hydrogens (tertiary/aromatic N) is 6. The summed E-state index contributed by atoms with van der Waals surface area (Å²) < 4.78 is 31.2. The van der Waals surface area contributed by atoms with Crippen LogP contribution in [0, 0.1) is 5.82 Å². The Morgan fingerprint density at radius 2 is 1.71 bits per heavy atom. The monoisotopic (exact) mass is 673 g/mol. The first kappa shape index (κ1) is 35.4. The number of ether oxygens (including phenoxy) is 3. The van der Waals surface area contributed by atoms with Crippen molar-refractivity contribution in [2.24, 2.45) is 0 Å². The number of aromatic nitrogens is 4. The Morgan fingerprint density at radius 1 is 0.980 bits per heavy atom. The van der Waals surface area contributed by atoms with Crippen LogP contribution >= 0.6 is 0 Å². The molecule has 13 heteroatoms. The van der Waals surface area contributed by atoms with Gasteiger partial charge in [-0.3, -0.25) is 4.79 Å². The number of amides is 1. The molecule has 12 nitrogen and oxygen atoms in total. The van der Waals surface area contributed by atoms with Crippen LogP contribution in [-0.4, -0.2) is 87.6 Å². The van der Waals surface area contributed by atoms with Gasteiger partial charge in [-0.15, -0.1) is 10.2 Å². The van der Waals surface area contributed by atoms with Crippen LogP contribution in [0.2, 0.25) is 0 Å². The number of benzene rings is 2. The van der Waals surface area contributed by atoms with Gasteiger partial charge in [-0.05, 0) is 64.3 Å². The molecule has 1 fully saturated rings. The summed E-state index contributed by atoms with van der Waals surface area (Å²) in [5, 5.41) is 23.0. The lowest BCUT2D eigenvalue weighted by molar-refractivity contribution is 0.0640. The predicted octanol–water partition coefficient (Wildman–Crippen LogP) is 5.26. The number of halogens is 1. The van der Waals surface area contributed by atoms with Crippen molar-refractivity contribution in [1.29, 1.82) is 0 Å². The number of rotatable bonds is 13. The Kier molecular flexibility index (Phi) is 11.2. The molecule has 1 saturated carbocycles. The minimum absolute atomic E-state index is 0.0458. The third kappa shape index (κ3) is 8.06. The maximum absolute atomic E-state index is 14.4. The summed E-state index contributed by atoms with van der Waals surface area (Å²) in [5.41, 5.74) is 2.75. The average Bonchev–Trinajstić information content (AvgIpc) is 3.47. The molecule has 2 aromatic heterocycles. The van der Waals surface area contributed by atoms with E-state index >= 15 is 0 Å². The highest BCUT2D eigenvalue weighted by Crippen LogP contribution is 2.36. The number of carbonyl (C=O) groups is 1. The van der Waals surface area contributed by atoms with E-state index in [0.717, 1.165) is 11.1 Å². The van der Waals surface area contributed by atoms with E-state index in [9.17, 15) is 14.3 Å². The minimum atomic E-state index is -0.634. The Labute approximate surface area is 286 Å². The maximum Gasteiger partial charge on any atom is 0.276 e. The van der Waals surface area contributed by atoms with Crippen LogP contribution in [-0.2, 0) is 6.54 Å². The number of aliphatic hydroxyl groups excluding tert-OH is 1. The first-order valence-electron chi connectivity index (χ1n) is 16.3. The second-order valence-corrected chi connectivity index (χ2v) is 12.7. The molecule has 1 amide bonds. The van der Waals surface area contributed by atoms with Gasteiger partial charge in [0.25, 0.3) is 11.8 Å². The van der Waals surface area contributed by atoms with Gasteiger partial charge in [-0.25, -0.2) is 14.4 Å². The number of aliphatic hydroxyl groups is 1. The fourth-order valence-electron chi connectivity index (χ4n) is 6.31. The van der Waals surface area contributed by atoms with E-state index in [1.165, 1.54) is 37.8 Å². The van der Waals surface area contributed by atoms with E-state index in [2.05, 4.69) is 25.5 Å². The van der Waals surface area contributed by atoms with Crippen molar-refractivity contribution in [2.75, 3.05) is 26.2 Å². The average molecular weight is 674 g/mol. The number of hydrogen-bond acceptors (Lipinski definition) is 11. The van der Waals surface area contributed by atoms with Gasteiger partial charge in [0.2, 0.25) is 0 Å². The van der Waals surface area contributed by atoms with Crippen LogP contribution < -0.4 is 24.4 Å². The van der Waals surface area contributed by atoms with Gasteiger partial charge >= 0.3 is 0 Å². The van der Waals surface area contributed by atoms with Crippen molar-refractivity contribution in [1.82, 2.24) is 30.4 Å². The van der Waals surface area contributed by atoms with Crippen molar-refractivity contribution >= 4 is 11.7 Å². The summed E-state index contributed by atoms with van der Waals surface area (Å²) in [7, 11) is 4.92. The molecule has 0 saturated heterocycles. The summed E-state index contributed by atoms with van der Waals surface area (Å²) in [4.78, 5) is 25.8. The second-order valence-electron chi connectivity index (χ2n) is 12.7. The van der Waals surface area contributed by atoms with E-state index in [0.29, 0.717) is 42.5 Å². The number of anilines is 1. The largest absolute Gasteiger partial charge is 0.491 e. The summed E-state index contributed by atoms with van der Waals surface area (Å²) in [6.07, 6.45) is 3.48. The Balaban J connectivity index is 1.26. The Hall–Kier alpha value is -4.88. The number of likely N-dealkylation sites (N-methyl/N-ethyl adjacent to an activating group) is 1. The molecule has 0 aliphatic heterocycles. The summed E-state index contributed by atoms with van der Waals surface area (Å²) in [5.74, 6) is 0.879. The lowest BCUT2D eigenvalue weighted by atomic mass is 10.1. The van der Waals surface area contributed by atoms with Gasteiger partial charge in [0.1, 0.15) is 17.9 Å². The first-order chi connectivity index (χ1) is 23.5. The van der Waals surface area contributed by atoms with Gasteiger partial charge < -0.3 is 34.4 Å². The molecule has 5 rings (SSSR count). The van der Waals surface area contributed by atoms with Crippen LogP contribution in [0.3, 0.4) is 0 Å². The quantitative estimate of drug-likeness (QED) is 0.193. The molecule has 1 aliphatic rings. The predicted molar refractivity (Wildman–Crippen MR) is 184 cm³/mol. The molecule has 260 valence electrons. The molecule has 0 bridgehead atoms. The Morgan fingerprint density at radius 3 is 2.39 bits per heavy atom. The van der Waals surface area contributed by atoms with E-state index in [4.69, 9.17) is 14.2 Å². The molecule has 4 aromatic rings. The normalized spacial score (nSPS) is 17.3. The van der Waals surface area contributed by atoms with Crippen molar-refractivity contribution in [3.63, 3.8) is 0 Å². The number of nitrogens with one attached hydrogen (secondary N) is 1. The summed E-state index contributed by atoms with van der Waals surface area (Å²) >= 11 is 0. The molecule has 0 radical (unpaired) electrons. The van der Waals surface area contributed by atoms with Gasteiger partial charge in [-0.2, -0.15) is 0 Å². The molecule has 2 aromatic carbocycles. The molecule has 1 aliphatic carbocycles. The van der Waals surface area contributed by atoms with Crippen LogP contribution in [0.25, 0.3) is 11.3 Å². The van der Waals surface area contributed by atoms with Gasteiger partial charge in [0.15, 0.2) is 17.3 Å². The van der Waals surface area contributed by atoms with Crippen molar-refractivity contribution in [3.05, 3.63) is 78.0 Å². The highest BCUT2D eigenvalue weighted by atomic mass is 19.1. The lowest BCUT2D eigenvalue weighted by Gasteiger charge is -2.31. The third-order valence-electron chi connectivity index (χ3n) is 8.71. The van der Waals surface area contributed by atoms with Gasteiger partial charge in [0, 0.05) is 43.3 Å². The number of hydrogen-bond donors (Lipinski definition) is 2. The van der Waals surface area contributed by atoms with Crippen molar-refractivity contribution in [2.45, 2.75) is 77.4 Å². The van der Waals surface area contributed by atoms with Crippen LogP contribution in [0.5, 0.6) is 23.1 Å². The molecular formula is C36H44FN7O5. The molecule has 0 spiro atoms. The second kappa shape index (κ2) is 15.6. The molecule has 49 heavy (non-hydrogen) atoms. The van der Waals surface area contributed by atoms with Crippen LogP contribution in [0.15, 0.2) is 61.1 Å². The summed E-state index contributed by atoms with van der Waals surface area (Å²) in [6.45, 7) is 8.27. The van der Waals surface area contributed by atoms with Crippen LogP contribution in [0.1, 0.15) is 56.5 Å². The zero-order valence-electron chi connectivity index (χ0n) is 28.9. The maximum atomic E-state index is 14.4. The van der Waals surface area contributed by atoms with E-state index in [-0.39, 0.29) is 47.1 Å². The smallest absolute Gasteiger partial charge is 0.276 e. The zero-order valence-corrected chi connectivity index (χ0v) is 28.9. The van der Waals surface area contributed by atoms with Gasteiger partial charge in [0.05, 0.1) is 43.8 Å². The van der Waals surface area contributed by atoms with Crippen molar-refractivity contribution in [3.8, 4) is 34.4 Å². The SMILES string of the molecule is COc1cc(-c2ccc(CN[C@H]3C[C@@H](O)[C@@H](N(C)c4ncncc4Oc4ccc(F)cc4C(=O)N(C(C)C)C(C)C)C3)cc2)nnc1OC. The standard InChI is InChI=1S/C36H44FN7O5/c1-21(2)44(22(3)4)36(46)27-14-25(37)12-13-31(27)49-33-19-38-20-40-34(33)43(5)29-15-26(16-30(29)45)39-18-23-8-10-24(11-9-23)28-17-32(47-6)35(48-7)42-41-28/h8-14,17,19-22,26,29-30,39,45H,15-16,18H2,1-7H3/t26-,29+,30-/m1/s1.